The lowest BCUT2D eigenvalue weighted by Crippen LogP contribution is -2.26. The molecular weight excluding hydrogens is 217 g/mol. The average Bonchev–Trinajstić information content (AvgIpc) is 2.16. The molecule has 88 valence electrons. The number of hydrogen-bond donors (Lipinski definition) is 0. The molecule has 0 saturated heterocycles. The normalized spacial score (nSPS) is 12.6. The average molecular weight is 230 g/mol. The number of rotatable bonds is 2. The Balaban J connectivity index is 3.23. The first kappa shape index (κ1) is 12.7. The largest absolute Gasteiger partial charge is 0.416 e. The van der Waals surface area contributed by atoms with E-state index in [1.807, 2.05) is 0 Å². The monoisotopic (exact) mass is 230 g/mol. The molecular formula is C12H13F3O. The third-order valence-electron chi connectivity index (χ3n) is 2.79. The van der Waals surface area contributed by atoms with Gasteiger partial charge in [0.05, 0.1) is 5.56 Å². The van der Waals surface area contributed by atoms with E-state index in [1.165, 1.54) is 19.1 Å². The second kappa shape index (κ2) is 3.92. The molecule has 0 spiro atoms. The fourth-order valence-electron chi connectivity index (χ4n) is 1.29. The molecule has 1 nitrogen and oxygen atoms in total. The van der Waals surface area contributed by atoms with Crippen LogP contribution in [-0.4, -0.2) is 5.78 Å². The van der Waals surface area contributed by atoms with E-state index < -0.39 is 17.2 Å². The molecule has 0 aliphatic rings. The summed E-state index contributed by atoms with van der Waals surface area (Å²) >= 11 is 0. The van der Waals surface area contributed by atoms with Gasteiger partial charge in [-0.15, -0.1) is 0 Å². The molecule has 0 bridgehead atoms. The lowest BCUT2D eigenvalue weighted by molar-refractivity contribution is -0.137. The topological polar surface area (TPSA) is 17.1 Å². The Labute approximate surface area is 92.3 Å². The van der Waals surface area contributed by atoms with Crippen LogP contribution in [-0.2, 0) is 16.4 Å². The van der Waals surface area contributed by atoms with Gasteiger partial charge in [0.2, 0.25) is 0 Å². The maximum atomic E-state index is 12.5. The highest BCUT2D eigenvalue weighted by molar-refractivity contribution is 5.87. The fourth-order valence-corrected chi connectivity index (χ4v) is 1.29. The Hall–Kier alpha value is -1.32. The smallest absolute Gasteiger partial charge is 0.299 e. The SMILES string of the molecule is CC(=O)C(C)(C)c1cccc(C(F)(F)F)c1. The van der Waals surface area contributed by atoms with Crippen molar-refractivity contribution in [2.24, 2.45) is 0 Å². The van der Waals surface area contributed by atoms with Crippen LogP contribution >= 0.6 is 0 Å². The van der Waals surface area contributed by atoms with Crippen molar-refractivity contribution >= 4 is 5.78 Å². The van der Waals surface area contributed by atoms with Crippen LogP contribution in [0.5, 0.6) is 0 Å². The minimum atomic E-state index is -4.37. The fraction of sp³-hybridized carbons (Fsp3) is 0.417. The summed E-state index contributed by atoms with van der Waals surface area (Å²) in [5.41, 5.74) is -1.23. The summed E-state index contributed by atoms with van der Waals surface area (Å²) in [7, 11) is 0. The number of ketones is 1. The van der Waals surface area contributed by atoms with E-state index in [2.05, 4.69) is 0 Å². The third kappa shape index (κ3) is 2.43. The zero-order valence-electron chi connectivity index (χ0n) is 9.35. The summed E-state index contributed by atoms with van der Waals surface area (Å²) in [5, 5.41) is 0. The molecule has 0 saturated carbocycles. The van der Waals surface area contributed by atoms with Crippen LogP contribution in [0.4, 0.5) is 13.2 Å². The molecule has 1 aromatic rings. The molecule has 0 N–H and O–H groups in total. The van der Waals surface area contributed by atoms with Crippen molar-refractivity contribution in [2.45, 2.75) is 32.4 Å². The Kier molecular flexibility index (Phi) is 3.13. The number of alkyl halides is 3. The van der Waals surface area contributed by atoms with E-state index in [1.54, 1.807) is 13.8 Å². The number of hydrogen-bond acceptors (Lipinski definition) is 1. The predicted octanol–water partition coefficient (Wildman–Crippen LogP) is 3.57. The molecule has 0 fully saturated rings. The number of halogens is 3. The molecule has 1 aromatic carbocycles. The van der Waals surface area contributed by atoms with Gasteiger partial charge >= 0.3 is 6.18 Å². The number of carbonyl (C=O) groups excluding carboxylic acids is 1. The summed E-state index contributed by atoms with van der Waals surface area (Å²) in [6.45, 7) is 4.61. The summed E-state index contributed by atoms with van der Waals surface area (Å²) in [5.74, 6) is -0.160. The number of carbonyl (C=O) groups is 1. The van der Waals surface area contributed by atoms with Crippen LogP contribution in [0.1, 0.15) is 31.9 Å². The first-order valence-electron chi connectivity index (χ1n) is 4.84. The van der Waals surface area contributed by atoms with Gasteiger partial charge in [0.1, 0.15) is 5.78 Å². The summed E-state index contributed by atoms with van der Waals surface area (Å²) < 4.78 is 37.4. The van der Waals surface area contributed by atoms with Crippen LogP contribution in [0, 0.1) is 0 Å². The Morgan fingerprint density at radius 1 is 1.12 bits per heavy atom. The quantitative estimate of drug-likeness (QED) is 0.759. The van der Waals surface area contributed by atoms with Crippen molar-refractivity contribution < 1.29 is 18.0 Å². The second-order valence-electron chi connectivity index (χ2n) is 4.26. The van der Waals surface area contributed by atoms with Gasteiger partial charge in [0.25, 0.3) is 0 Å². The number of Topliss-reactive ketones (excluding diaryl/α,β-unsaturated/α-hetero) is 1. The van der Waals surface area contributed by atoms with Crippen molar-refractivity contribution in [1.82, 2.24) is 0 Å². The van der Waals surface area contributed by atoms with E-state index in [0.29, 0.717) is 5.56 Å². The Morgan fingerprint density at radius 3 is 2.06 bits per heavy atom. The van der Waals surface area contributed by atoms with Crippen molar-refractivity contribution in [3.63, 3.8) is 0 Å². The highest BCUT2D eigenvalue weighted by atomic mass is 19.4. The van der Waals surface area contributed by atoms with Crippen molar-refractivity contribution in [1.29, 1.82) is 0 Å². The molecule has 0 aliphatic heterocycles. The van der Waals surface area contributed by atoms with Crippen LogP contribution in [0.2, 0.25) is 0 Å². The first-order chi connectivity index (χ1) is 7.15. The highest BCUT2D eigenvalue weighted by Crippen LogP contribution is 2.32. The standard InChI is InChI=1S/C12H13F3O/c1-8(16)11(2,3)9-5-4-6-10(7-9)12(13,14)15/h4-7H,1-3H3. The molecule has 0 amide bonds. The second-order valence-corrected chi connectivity index (χ2v) is 4.26. The van der Waals surface area contributed by atoms with E-state index >= 15 is 0 Å². The van der Waals surface area contributed by atoms with Crippen molar-refractivity contribution in [3.8, 4) is 0 Å². The van der Waals surface area contributed by atoms with E-state index in [9.17, 15) is 18.0 Å². The summed E-state index contributed by atoms with van der Waals surface area (Å²) in [6, 6.07) is 4.89. The summed E-state index contributed by atoms with van der Waals surface area (Å²) in [6.07, 6.45) is -4.37. The Bertz CT molecular complexity index is 405. The first-order valence-corrected chi connectivity index (χ1v) is 4.84. The lowest BCUT2D eigenvalue weighted by Gasteiger charge is -2.22. The predicted molar refractivity (Wildman–Crippen MR) is 55.2 cm³/mol. The van der Waals surface area contributed by atoms with Crippen LogP contribution in [0.3, 0.4) is 0 Å². The Morgan fingerprint density at radius 2 is 1.62 bits per heavy atom. The maximum Gasteiger partial charge on any atom is 0.416 e. The van der Waals surface area contributed by atoms with Gasteiger partial charge in [-0.25, -0.2) is 0 Å². The van der Waals surface area contributed by atoms with Crippen molar-refractivity contribution in [2.75, 3.05) is 0 Å². The molecule has 1 rings (SSSR count). The molecule has 0 radical (unpaired) electrons. The van der Waals surface area contributed by atoms with Gasteiger partial charge in [-0.05, 0) is 32.4 Å². The van der Waals surface area contributed by atoms with Crippen LogP contribution in [0.15, 0.2) is 24.3 Å². The van der Waals surface area contributed by atoms with Gasteiger partial charge in [-0.3, -0.25) is 4.79 Å². The molecule has 4 heteroatoms. The maximum absolute atomic E-state index is 12.5. The van der Waals surface area contributed by atoms with E-state index in [-0.39, 0.29) is 5.78 Å². The molecule has 0 atom stereocenters. The number of benzene rings is 1. The van der Waals surface area contributed by atoms with E-state index in [4.69, 9.17) is 0 Å². The molecule has 0 heterocycles. The minimum absolute atomic E-state index is 0.160. The van der Waals surface area contributed by atoms with Crippen molar-refractivity contribution in [3.05, 3.63) is 35.4 Å². The molecule has 0 aliphatic carbocycles. The zero-order chi connectivity index (χ0) is 12.6. The third-order valence-corrected chi connectivity index (χ3v) is 2.79. The highest BCUT2D eigenvalue weighted by Gasteiger charge is 2.33. The summed E-state index contributed by atoms with van der Waals surface area (Å²) in [4.78, 5) is 11.3. The van der Waals surface area contributed by atoms with Crippen LogP contribution in [0.25, 0.3) is 0 Å². The zero-order valence-corrected chi connectivity index (χ0v) is 9.35. The molecule has 16 heavy (non-hydrogen) atoms. The lowest BCUT2D eigenvalue weighted by atomic mass is 9.80. The van der Waals surface area contributed by atoms with Gasteiger partial charge in [0.15, 0.2) is 0 Å². The van der Waals surface area contributed by atoms with E-state index in [0.717, 1.165) is 12.1 Å². The van der Waals surface area contributed by atoms with Crippen LogP contribution < -0.4 is 0 Å². The minimum Gasteiger partial charge on any atom is -0.299 e. The van der Waals surface area contributed by atoms with Gasteiger partial charge < -0.3 is 0 Å². The van der Waals surface area contributed by atoms with Gasteiger partial charge in [-0.2, -0.15) is 13.2 Å². The molecule has 0 unspecified atom stereocenters. The van der Waals surface area contributed by atoms with Gasteiger partial charge in [-0.1, -0.05) is 18.2 Å². The van der Waals surface area contributed by atoms with Gasteiger partial charge in [0, 0.05) is 5.41 Å². The molecule has 0 aromatic heterocycles.